The number of hydrogen-bond donors (Lipinski definition) is 1. The van der Waals surface area contributed by atoms with Gasteiger partial charge < -0.3 is 4.74 Å². The number of carbonyl (C=O) groups excluding carboxylic acids is 3. The van der Waals surface area contributed by atoms with Crippen LogP contribution in [0.4, 0.5) is 0 Å². The van der Waals surface area contributed by atoms with Gasteiger partial charge in [0.15, 0.2) is 5.78 Å². The molecule has 5 heteroatoms. The molecule has 0 aromatic heterocycles. The molecule has 1 saturated heterocycles. The summed E-state index contributed by atoms with van der Waals surface area (Å²) < 4.78 is 5.30. The summed E-state index contributed by atoms with van der Waals surface area (Å²) in [6, 6.07) is 0. The van der Waals surface area contributed by atoms with Gasteiger partial charge in [-0.15, -0.1) is 6.58 Å². The third-order valence-corrected chi connectivity index (χ3v) is 4.50. The molecule has 0 aromatic rings. The van der Waals surface area contributed by atoms with E-state index in [9.17, 15) is 14.4 Å². The number of ether oxygens (including phenoxy) is 1. The first kappa shape index (κ1) is 26.0. The normalized spacial score (nSPS) is 17.5. The number of piperidine rings is 1. The van der Waals surface area contributed by atoms with E-state index in [1.54, 1.807) is 25.3 Å². The lowest BCUT2D eigenvalue weighted by Gasteiger charge is -2.19. The molecule has 0 spiro atoms. The monoisotopic (exact) mass is 391 g/mol. The molecule has 1 N–H and O–H groups in total. The molecule has 1 aliphatic rings. The van der Waals surface area contributed by atoms with Crippen LogP contribution in [0.5, 0.6) is 0 Å². The molecular formula is C23H37NO4. The van der Waals surface area contributed by atoms with E-state index in [0.717, 1.165) is 12.8 Å². The number of ketones is 1. The van der Waals surface area contributed by atoms with Crippen molar-refractivity contribution in [2.45, 2.75) is 72.3 Å². The highest BCUT2D eigenvalue weighted by molar-refractivity contribution is 5.97. The fourth-order valence-electron chi connectivity index (χ4n) is 3.11. The highest BCUT2D eigenvalue weighted by atomic mass is 16.5. The summed E-state index contributed by atoms with van der Waals surface area (Å²) in [7, 11) is 1.68. The van der Waals surface area contributed by atoms with Crippen LogP contribution in [-0.4, -0.2) is 30.8 Å². The van der Waals surface area contributed by atoms with Crippen molar-refractivity contribution in [3.8, 4) is 0 Å². The third-order valence-electron chi connectivity index (χ3n) is 4.50. The van der Waals surface area contributed by atoms with Gasteiger partial charge in [-0.3, -0.25) is 19.7 Å². The minimum atomic E-state index is -0.229. The lowest BCUT2D eigenvalue weighted by Crippen LogP contribution is -2.38. The molecular weight excluding hydrogens is 354 g/mol. The van der Waals surface area contributed by atoms with Crippen LogP contribution in [0.25, 0.3) is 0 Å². The van der Waals surface area contributed by atoms with Crippen LogP contribution in [0.1, 0.15) is 66.2 Å². The van der Waals surface area contributed by atoms with Crippen LogP contribution in [0.2, 0.25) is 0 Å². The van der Waals surface area contributed by atoms with Crippen LogP contribution < -0.4 is 5.32 Å². The SMILES string of the molecule is C=CC(CC(C)/C=C(/C)CCC(=O)/C=C/CC1CC(=O)NC(=O)C1)OC.CC. The summed E-state index contributed by atoms with van der Waals surface area (Å²) in [5.41, 5.74) is 1.19. The smallest absolute Gasteiger partial charge is 0.226 e. The molecule has 5 nitrogen and oxygen atoms in total. The van der Waals surface area contributed by atoms with Crippen LogP contribution in [-0.2, 0) is 19.1 Å². The summed E-state index contributed by atoms with van der Waals surface area (Å²) in [4.78, 5) is 34.6. The predicted octanol–water partition coefficient (Wildman–Crippen LogP) is 4.53. The first-order valence-corrected chi connectivity index (χ1v) is 10.2. The Morgan fingerprint density at radius 3 is 2.39 bits per heavy atom. The first-order valence-electron chi connectivity index (χ1n) is 10.2. The number of carbonyl (C=O) groups is 3. The Bertz CT molecular complexity index is 561. The summed E-state index contributed by atoms with van der Waals surface area (Å²) in [6.07, 6.45) is 10.7. The Labute approximate surface area is 170 Å². The summed E-state index contributed by atoms with van der Waals surface area (Å²) in [5, 5.41) is 2.29. The molecule has 158 valence electrons. The van der Waals surface area contributed by atoms with E-state index in [4.69, 9.17) is 4.74 Å². The largest absolute Gasteiger partial charge is 0.377 e. The fraction of sp³-hybridized carbons (Fsp3) is 0.609. The molecule has 2 amide bonds. The summed E-state index contributed by atoms with van der Waals surface area (Å²) in [5.74, 6) is -0.0288. The zero-order valence-corrected chi connectivity index (χ0v) is 18.1. The number of methoxy groups -OCH3 is 1. The second-order valence-corrected chi connectivity index (χ2v) is 7.09. The zero-order valence-electron chi connectivity index (χ0n) is 18.1. The highest BCUT2D eigenvalue weighted by Crippen LogP contribution is 2.18. The Hall–Kier alpha value is -2.01. The third kappa shape index (κ3) is 11.7. The molecule has 0 radical (unpaired) electrons. The molecule has 0 aliphatic carbocycles. The van der Waals surface area contributed by atoms with E-state index in [2.05, 4.69) is 24.9 Å². The molecule has 28 heavy (non-hydrogen) atoms. The van der Waals surface area contributed by atoms with Crippen LogP contribution >= 0.6 is 0 Å². The Morgan fingerprint density at radius 1 is 1.25 bits per heavy atom. The zero-order chi connectivity index (χ0) is 21.5. The minimum Gasteiger partial charge on any atom is -0.377 e. The van der Waals surface area contributed by atoms with Gasteiger partial charge in [0.05, 0.1) is 6.10 Å². The van der Waals surface area contributed by atoms with E-state index < -0.39 is 0 Å². The van der Waals surface area contributed by atoms with Gasteiger partial charge in [-0.25, -0.2) is 0 Å². The fourth-order valence-corrected chi connectivity index (χ4v) is 3.11. The maximum absolute atomic E-state index is 12.0. The van der Waals surface area contributed by atoms with E-state index in [1.165, 1.54) is 5.57 Å². The first-order chi connectivity index (χ1) is 13.3. The molecule has 0 bridgehead atoms. The second-order valence-electron chi connectivity index (χ2n) is 7.09. The van der Waals surface area contributed by atoms with Gasteiger partial charge in [-0.1, -0.05) is 44.6 Å². The lowest BCUT2D eigenvalue weighted by atomic mass is 9.93. The van der Waals surface area contributed by atoms with Gasteiger partial charge in [-0.05, 0) is 44.1 Å². The van der Waals surface area contributed by atoms with Crippen LogP contribution in [0, 0.1) is 11.8 Å². The Balaban J connectivity index is 0.00000352. The lowest BCUT2D eigenvalue weighted by molar-refractivity contribution is -0.134. The van der Waals surface area contributed by atoms with Crippen molar-refractivity contribution >= 4 is 17.6 Å². The number of nitrogens with one attached hydrogen (secondary N) is 1. The number of hydrogen-bond acceptors (Lipinski definition) is 4. The van der Waals surface area contributed by atoms with Crippen LogP contribution in [0.3, 0.4) is 0 Å². The van der Waals surface area contributed by atoms with Crippen molar-refractivity contribution < 1.29 is 19.1 Å². The minimum absolute atomic E-state index is 0.00127. The molecule has 1 heterocycles. The maximum Gasteiger partial charge on any atom is 0.226 e. The van der Waals surface area contributed by atoms with Crippen molar-refractivity contribution in [3.05, 3.63) is 36.5 Å². The molecule has 2 atom stereocenters. The summed E-state index contributed by atoms with van der Waals surface area (Å²) in [6.45, 7) is 11.9. The molecule has 1 rings (SSSR count). The van der Waals surface area contributed by atoms with Crippen molar-refractivity contribution in [2.24, 2.45) is 11.8 Å². The number of amides is 2. The number of rotatable bonds is 11. The number of imide groups is 1. The predicted molar refractivity (Wildman–Crippen MR) is 114 cm³/mol. The van der Waals surface area contributed by atoms with Gasteiger partial charge in [0.25, 0.3) is 0 Å². The molecule has 1 fully saturated rings. The van der Waals surface area contributed by atoms with E-state index in [0.29, 0.717) is 31.6 Å². The van der Waals surface area contributed by atoms with Gasteiger partial charge in [-0.2, -0.15) is 0 Å². The van der Waals surface area contributed by atoms with Gasteiger partial charge >= 0.3 is 0 Å². The number of allylic oxidation sites excluding steroid dienone is 4. The molecule has 0 aromatic carbocycles. The van der Waals surface area contributed by atoms with E-state index in [1.807, 2.05) is 20.8 Å². The summed E-state index contributed by atoms with van der Waals surface area (Å²) >= 11 is 0. The molecule has 2 unspecified atom stereocenters. The van der Waals surface area contributed by atoms with E-state index >= 15 is 0 Å². The average Bonchev–Trinajstić information content (AvgIpc) is 2.65. The van der Waals surface area contributed by atoms with E-state index in [-0.39, 0.29) is 29.6 Å². The Kier molecular flexibility index (Phi) is 13.9. The highest BCUT2D eigenvalue weighted by Gasteiger charge is 2.23. The topological polar surface area (TPSA) is 72.5 Å². The van der Waals surface area contributed by atoms with Gasteiger partial charge in [0.1, 0.15) is 0 Å². The molecule has 1 aliphatic heterocycles. The van der Waals surface area contributed by atoms with Crippen molar-refractivity contribution in [1.82, 2.24) is 5.32 Å². The standard InChI is InChI=1S/C21H31NO4.C2H6/c1-5-19(26-4)12-16(3)11-15(2)9-10-18(23)8-6-7-17-13-20(24)22-21(25)14-17;1-2/h5-6,8,11,16-17,19H,1,7,9-10,12-14H2,2-4H3,(H,22,24,25);1-2H3/b8-6+,15-11-;. The van der Waals surface area contributed by atoms with Crippen molar-refractivity contribution in [1.29, 1.82) is 0 Å². The molecule has 0 saturated carbocycles. The second kappa shape index (κ2) is 15.0. The van der Waals surface area contributed by atoms with Gasteiger partial charge in [0, 0.05) is 26.4 Å². The maximum atomic E-state index is 12.0. The quantitative estimate of drug-likeness (QED) is 0.319. The van der Waals surface area contributed by atoms with Crippen molar-refractivity contribution in [3.63, 3.8) is 0 Å². The Morgan fingerprint density at radius 2 is 1.86 bits per heavy atom. The average molecular weight is 392 g/mol. The van der Waals surface area contributed by atoms with Gasteiger partial charge in [0.2, 0.25) is 11.8 Å². The van der Waals surface area contributed by atoms with Crippen molar-refractivity contribution in [2.75, 3.05) is 7.11 Å². The van der Waals surface area contributed by atoms with Crippen LogP contribution in [0.15, 0.2) is 36.5 Å².